The molecule has 1 aliphatic heterocycles. The highest BCUT2D eigenvalue weighted by Gasteiger charge is 2.33. The number of hydrogen-bond donors (Lipinski definition) is 2. The number of hydrogen-bond acceptors (Lipinski definition) is 10. The Hall–Kier alpha value is -4.67. The number of nitrogens with one attached hydrogen (secondary N) is 2. The molecule has 4 rings (SSSR count). The second kappa shape index (κ2) is 11.1. The van der Waals surface area contributed by atoms with Gasteiger partial charge in [0.05, 0.1) is 17.1 Å². The lowest BCUT2D eigenvalue weighted by atomic mass is 10.1. The van der Waals surface area contributed by atoms with E-state index in [9.17, 15) is 14.4 Å². The van der Waals surface area contributed by atoms with Crippen molar-refractivity contribution in [3.8, 4) is 23.9 Å². The van der Waals surface area contributed by atoms with Crippen LogP contribution in [0.1, 0.15) is 70.9 Å². The lowest BCUT2D eigenvalue weighted by molar-refractivity contribution is 0.0501. The number of imidazole rings is 1. The van der Waals surface area contributed by atoms with Gasteiger partial charge in [-0.15, -0.1) is 6.42 Å². The number of likely N-dealkylation sites (tertiary alicyclic amines) is 1. The Morgan fingerprint density at radius 3 is 2.44 bits per heavy atom. The number of carbonyl (C=O) groups is 3. The van der Waals surface area contributed by atoms with Crippen molar-refractivity contribution in [2.45, 2.75) is 78.7 Å². The Morgan fingerprint density at radius 1 is 1.12 bits per heavy atom. The number of nitrogens with zero attached hydrogens (tertiary/aromatic N) is 6. The summed E-state index contributed by atoms with van der Waals surface area (Å²) in [5, 5.41) is 13.1. The summed E-state index contributed by atoms with van der Waals surface area (Å²) >= 11 is 0. The average molecular weight is 567 g/mol. The Bertz CT molecular complexity index is 1520. The molecular weight excluding hydrogens is 532 g/mol. The summed E-state index contributed by atoms with van der Waals surface area (Å²) in [7, 11) is 0. The van der Waals surface area contributed by atoms with E-state index in [2.05, 4.69) is 36.8 Å². The highest BCUT2D eigenvalue weighted by atomic mass is 16.6. The molecule has 218 valence electrons. The predicted octanol–water partition coefficient (Wildman–Crippen LogP) is 3.57. The summed E-state index contributed by atoms with van der Waals surface area (Å²) in [5.41, 5.74) is 0.0148. The number of terminal acetylenes is 1. The minimum Gasteiger partial charge on any atom is -0.444 e. The summed E-state index contributed by atoms with van der Waals surface area (Å²) in [4.78, 5) is 49.0. The van der Waals surface area contributed by atoms with E-state index in [0.29, 0.717) is 37.1 Å². The first-order valence-corrected chi connectivity index (χ1v) is 13.2. The summed E-state index contributed by atoms with van der Waals surface area (Å²) in [6.07, 6.45) is 6.42. The van der Waals surface area contributed by atoms with Crippen LogP contribution in [-0.2, 0) is 16.0 Å². The van der Waals surface area contributed by atoms with Gasteiger partial charge in [-0.2, -0.15) is 0 Å². The van der Waals surface area contributed by atoms with Gasteiger partial charge in [-0.25, -0.2) is 24.2 Å². The van der Waals surface area contributed by atoms with Crippen molar-refractivity contribution in [3.05, 3.63) is 17.5 Å². The van der Waals surface area contributed by atoms with Crippen LogP contribution >= 0.6 is 0 Å². The third-order valence-corrected chi connectivity index (χ3v) is 5.97. The minimum absolute atomic E-state index is 0.0112. The fourth-order valence-electron chi connectivity index (χ4n) is 4.42. The number of carbonyl (C=O) groups excluding carboxylic acids is 3. The monoisotopic (exact) mass is 566 g/mol. The van der Waals surface area contributed by atoms with Gasteiger partial charge < -0.3 is 24.3 Å². The molecule has 2 N–H and O–H groups in total. The molecule has 0 saturated carbocycles. The normalized spacial score (nSPS) is 15.5. The van der Waals surface area contributed by atoms with Gasteiger partial charge in [0.1, 0.15) is 22.4 Å². The van der Waals surface area contributed by atoms with Crippen LogP contribution in [0.3, 0.4) is 0 Å². The third kappa shape index (κ3) is 6.56. The molecule has 0 radical (unpaired) electrons. The van der Waals surface area contributed by atoms with Crippen LogP contribution in [0.25, 0.3) is 22.6 Å². The molecular formula is C27H34N8O6. The number of alkyl carbamates (subject to hydrolysis) is 1. The van der Waals surface area contributed by atoms with Gasteiger partial charge in [0.25, 0.3) is 5.91 Å². The van der Waals surface area contributed by atoms with Crippen molar-refractivity contribution in [2.75, 3.05) is 18.4 Å². The zero-order valence-electron chi connectivity index (χ0n) is 24.2. The first kappa shape index (κ1) is 29.3. The molecule has 3 amide bonds. The number of rotatable bonds is 5. The Balaban J connectivity index is 1.67. The second-order valence-electron chi connectivity index (χ2n) is 11.5. The molecule has 14 nitrogen and oxygen atoms in total. The molecule has 1 aliphatic rings. The Morgan fingerprint density at radius 2 is 1.80 bits per heavy atom. The zero-order valence-corrected chi connectivity index (χ0v) is 24.2. The van der Waals surface area contributed by atoms with Crippen molar-refractivity contribution >= 4 is 34.9 Å². The molecule has 1 fully saturated rings. The molecule has 0 aliphatic carbocycles. The van der Waals surface area contributed by atoms with Gasteiger partial charge in [0, 0.05) is 25.8 Å². The van der Waals surface area contributed by atoms with Crippen LogP contribution in [0.4, 0.5) is 15.4 Å². The number of pyridine rings is 1. The molecule has 1 unspecified atom stereocenters. The number of amides is 3. The smallest absolute Gasteiger partial charge is 0.413 e. The van der Waals surface area contributed by atoms with Gasteiger partial charge in [0.2, 0.25) is 5.82 Å². The largest absolute Gasteiger partial charge is 0.444 e. The molecule has 3 aromatic rings. The Kier molecular flexibility index (Phi) is 7.92. The number of fused-ring (bicyclic) bond motifs is 1. The van der Waals surface area contributed by atoms with Gasteiger partial charge in [-0.1, -0.05) is 0 Å². The topological polar surface area (TPSA) is 167 Å². The number of anilines is 1. The maximum Gasteiger partial charge on any atom is 0.413 e. The van der Waals surface area contributed by atoms with Crippen molar-refractivity contribution in [2.24, 2.45) is 0 Å². The van der Waals surface area contributed by atoms with E-state index in [4.69, 9.17) is 20.5 Å². The van der Waals surface area contributed by atoms with Crippen LogP contribution in [0.5, 0.6) is 0 Å². The van der Waals surface area contributed by atoms with E-state index in [-0.39, 0.29) is 40.5 Å². The fourth-order valence-corrected chi connectivity index (χ4v) is 4.42. The molecule has 3 aromatic heterocycles. The highest BCUT2D eigenvalue weighted by Crippen LogP contribution is 2.32. The maximum absolute atomic E-state index is 13.8. The van der Waals surface area contributed by atoms with Gasteiger partial charge in [0.15, 0.2) is 11.5 Å². The number of aryl methyl sites for hydroxylation is 1. The molecule has 0 aromatic carbocycles. The van der Waals surface area contributed by atoms with Crippen molar-refractivity contribution in [3.63, 3.8) is 0 Å². The number of ether oxygens (including phenoxy) is 2. The first-order chi connectivity index (χ1) is 19.2. The molecule has 0 spiro atoms. The number of aromatic nitrogens is 5. The SMILES string of the molecule is C#Cc1ncc(C(=O)N2CCC(NC(=O)OC(C)(C)C)C2)c2c1nc(-c1nonc1NC(=O)OC(C)(C)C)n2CC. The molecule has 0 bridgehead atoms. The third-order valence-electron chi connectivity index (χ3n) is 5.97. The van der Waals surface area contributed by atoms with E-state index < -0.39 is 23.4 Å². The molecule has 1 saturated heterocycles. The average Bonchev–Trinajstić information content (AvgIpc) is 3.58. The first-order valence-electron chi connectivity index (χ1n) is 13.2. The summed E-state index contributed by atoms with van der Waals surface area (Å²) in [6, 6.07) is -0.267. The standard InChI is InChI=1S/C27H34N8O6/c1-9-17-18-20(16(13-28-17)23(36)34-12-11-15(14-34)29-24(37)39-26(3,4)5)35(10-2)22(30-18)19-21(33-41-32-19)31-25(38)40-27(6,7)8/h1,13,15H,10-12,14H2,2-8H3,(H,29,37)(H,31,33,38). The molecule has 14 heteroatoms. The Labute approximate surface area is 237 Å². The summed E-state index contributed by atoms with van der Waals surface area (Å²) in [5.74, 6) is 2.47. The van der Waals surface area contributed by atoms with Gasteiger partial charge in [-0.3, -0.25) is 10.1 Å². The predicted molar refractivity (Wildman–Crippen MR) is 148 cm³/mol. The van der Waals surface area contributed by atoms with Gasteiger partial charge >= 0.3 is 12.2 Å². The van der Waals surface area contributed by atoms with Crippen LogP contribution < -0.4 is 10.6 Å². The lowest BCUT2D eigenvalue weighted by Gasteiger charge is -2.22. The zero-order chi connectivity index (χ0) is 30.1. The lowest BCUT2D eigenvalue weighted by Crippen LogP contribution is -2.41. The van der Waals surface area contributed by atoms with Crippen LogP contribution in [0.15, 0.2) is 10.8 Å². The van der Waals surface area contributed by atoms with E-state index in [1.54, 1.807) is 51.0 Å². The summed E-state index contributed by atoms with van der Waals surface area (Å²) < 4.78 is 17.3. The summed E-state index contributed by atoms with van der Waals surface area (Å²) in [6.45, 7) is 13.5. The fraction of sp³-hybridized carbons (Fsp3) is 0.519. The van der Waals surface area contributed by atoms with Gasteiger partial charge in [-0.05, 0) is 71.1 Å². The molecule has 1 atom stereocenters. The van der Waals surface area contributed by atoms with Crippen LogP contribution in [-0.4, -0.2) is 78.2 Å². The maximum atomic E-state index is 13.8. The van der Waals surface area contributed by atoms with Crippen molar-refractivity contribution in [1.29, 1.82) is 0 Å². The second-order valence-corrected chi connectivity index (χ2v) is 11.5. The molecule has 4 heterocycles. The van der Waals surface area contributed by atoms with E-state index >= 15 is 0 Å². The molecule has 41 heavy (non-hydrogen) atoms. The quantitative estimate of drug-likeness (QED) is 0.436. The van der Waals surface area contributed by atoms with Crippen LogP contribution in [0.2, 0.25) is 0 Å². The van der Waals surface area contributed by atoms with E-state index in [1.807, 2.05) is 6.92 Å². The highest BCUT2D eigenvalue weighted by molar-refractivity contribution is 6.06. The van der Waals surface area contributed by atoms with Crippen LogP contribution in [0, 0.1) is 12.3 Å². The van der Waals surface area contributed by atoms with E-state index in [0.717, 1.165) is 0 Å². The van der Waals surface area contributed by atoms with Crippen molar-refractivity contribution in [1.82, 2.24) is 35.1 Å². The van der Waals surface area contributed by atoms with Crippen molar-refractivity contribution < 1.29 is 28.5 Å². The van der Waals surface area contributed by atoms with E-state index in [1.165, 1.54) is 6.20 Å². The minimum atomic E-state index is -0.751.